The summed E-state index contributed by atoms with van der Waals surface area (Å²) in [6.45, 7) is 0. The standard InChI is InChI=1S/C3F4I2O/c4-2(5,6)1(10)3(7,8)9. The van der Waals surface area contributed by atoms with E-state index in [1.807, 2.05) is 0 Å². The molecule has 7 heteroatoms. The lowest BCUT2D eigenvalue weighted by Crippen LogP contribution is -2.34. The van der Waals surface area contributed by atoms with Gasteiger partial charge in [-0.05, 0) is 45.2 Å². The molecule has 0 unspecified atom stereocenters. The number of rotatable bonds is 1. The normalized spacial score (nSPS) is 13.4. The fourth-order valence-electron chi connectivity index (χ4n) is 0.161. The molecule has 0 aliphatic carbocycles. The zero-order chi connectivity index (χ0) is 8.58. The van der Waals surface area contributed by atoms with Crippen molar-refractivity contribution in [3.63, 3.8) is 0 Å². The Morgan fingerprint density at radius 3 is 1.40 bits per heavy atom. The molecular weight excluding hydrogens is 382 g/mol. The van der Waals surface area contributed by atoms with E-state index in [0.717, 1.165) is 45.2 Å². The van der Waals surface area contributed by atoms with Crippen LogP contribution in [-0.4, -0.2) is 13.6 Å². The summed E-state index contributed by atoms with van der Waals surface area (Å²) < 4.78 is 43.3. The van der Waals surface area contributed by atoms with E-state index in [0.29, 0.717) is 0 Å². The maximum atomic E-state index is 12.2. The molecule has 0 aromatic rings. The zero-order valence-corrected chi connectivity index (χ0v) is 8.49. The molecule has 0 bridgehead atoms. The van der Waals surface area contributed by atoms with Gasteiger partial charge >= 0.3 is 6.18 Å². The van der Waals surface area contributed by atoms with Crippen LogP contribution in [0, 0.1) is 0 Å². The third-order valence-corrected chi connectivity index (χ3v) is 1.49. The van der Waals surface area contributed by atoms with Gasteiger partial charge in [-0.3, -0.25) is 4.79 Å². The monoisotopic (exact) mass is 382 g/mol. The summed E-state index contributed by atoms with van der Waals surface area (Å²) in [5.41, 5.74) is 0. The van der Waals surface area contributed by atoms with Gasteiger partial charge in [-0.15, -0.1) is 0 Å². The van der Waals surface area contributed by atoms with Crippen molar-refractivity contribution in [2.24, 2.45) is 0 Å². The van der Waals surface area contributed by atoms with Crippen molar-refractivity contribution in [2.75, 3.05) is 0 Å². The van der Waals surface area contributed by atoms with E-state index in [-0.39, 0.29) is 0 Å². The molecule has 0 saturated carbocycles. The van der Waals surface area contributed by atoms with E-state index in [4.69, 9.17) is 0 Å². The van der Waals surface area contributed by atoms with Gasteiger partial charge in [0.2, 0.25) is 0 Å². The molecule has 0 aliphatic rings. The van der Waals surface area contributed by atoms with E-state index in [2.05, 4.69) is 0 Å². The van der Waals surface area contributed by atoms with Crippen molar-refractivity contribution in [3.05, 3.63) is 0 Å². The minimum absolute atomic E-state index is 0.778. The highest BCUT2D eigenvalue weighted by Gasteiger charge is 2.51. The van der Waals surface area contributed by atoms with Gasteiger partial charge in [-0.25, -0.2) is 4.39 Å². The smallest absolute Gasteiger partial charge is 0.284 e. The third-order valence-electron chi connectivity index (χ3n) is 0.515. The maximum Gasteiger partial charge on any atom is 0.455 e. The Morgan fingerprint density at radius 1 is 1.10 bits per heavy atom. The molecule has 0 fully saturated rings. The van der Waals surface area contributed by atoms with E-state index >= 15 is 0 Å². The van der Waals surface area contributed by atoms with Crippen LogP contribution in [0.25, 0.3) is 0 Å². The van der Waals surface area contributed by atoms with Crippen LogP contribution in [0.4, 0.5) is 17.6 Å². The molecule has 0 saturated heterocycles. The molecule has 0 radical (unpaired) electrons. The summed E-state index contributed by atoms with van der Waals surface area (Å²) in [7, 11) is 0. The number of Topliss-reactive ketones (excluding diaryl/α,β-unsaturated/α-hetero) is 1. The first-order chi connectivity index (χ1) is 4.15. The van der Waals surface area contributed by atoms with Crippen LogP contribution in [0.1, 0.15) is 0 Å². The Kier molecular flexibility index (Phi) is 3.33. The first-order valence-electron chi connectivity index (χ1n) is 1.84. The van der Waals surface area contributed by atoms with Gasteiger partial charge in [0.1, 0.15) is 0 Å². The van der Waals surface area contributed by atoms with Gasteiger partial charge in [0.05, 0.1) is 0 Å². The average molecular weight is 382 g/mol. The zero-order valence-electron chi connectivity index (χ0n) is 4.18. The van der Waals surface area contributed by atoms with Crippen molar-refractivity contribution >= 4 is 51.0 Å². The first kappa shape index (κ1) is 10.8. The fraction of sp³-hybridized carbons (Fsp3) is 0.667. The van der Waals surface area contributed by atoms with Gasteiger partial charge < -0.3 is 0 Å². The predicted octanol–water partition coefficient (Wildman–Crippen LogP) is 2.61. The largest absolute Gasteiger partial charge is 0.455 e. The molecule has 10 heavy (non-hydrogen) atoms. The molecule has 1 nitrogen and oxygen atoms in total. The quantitative estimate of drug-likeness (QED) is 0.388. The van der Waals surface area contributed by atoms with Crippen LogP contribution in [0.2, 0.25) is 0 Å². The average Bonchev–Trinajstić information content (AvgIpc) is 1.59. The lowest BCUT2D eigenvalue weighted by molar-refractivity contribution is -0.173. The molecule has 0 heterocycles. The lowest BCUT2D eigenvalue weighted by atomic mass is 10.4. The van der Waals surface area contributed by atoms with Crippen molar-refractivity contribution in [3.8, 4) is 0 Å². The van der Waals surface area contributed by atoms with Crippen molar-refractivity contribution in [1.82, 2.24) is 0 Å². The van der Waals surface area contributed by atoms with Gasteiger partial charge in [-0.2, -0.15) is 13.2 Å². The number of carbonyl (C=O) groups is 1. The van der Waals surface area contributed by atoms with Gasteiger partial charge in [-0.1, -0.05) is 0 Å². The topological polar surface area (TPSA) is 17.1 Å². The predicted molar refractivity (Wildman–Crippen MR) is 42.9 cm³/mol. The third kappa shape index (κ3) is 3.30. The first-order valence-corrected chi connectivity index (χ1v) is 4.00. The van der Waals surface area contributed by atoms with Crippen molar-refractivity contribution in [2.45, 2.75) is 7.86 Å². The number of hydrogen-bond donors (Lipinski definition) is 0. The summed E-state index contributed by atoms with van der Waals surface area (Å²) in [5, 5.41) is 0. The second-order valence-electron chi connectivity index (χ2n) is 1.32. The summed E-state index contributed by atoms with van der Waals surface area (Å²) in [6.07, 6.45) is -5.09. The van der Waals surface area contributed by atoms with Crippen LogP contribution in [0.5, 0.6) is 0 Å². The van der Waals surface area contributed by atoms with E-state index < -0.39 is 13.6 Å². The molecule has 0 amide bonds. The highest BCUT2D eigenvalue weighted by atomic mass is 127. The van der Waals surface area contributed by atoms with Gasteiger partial charge in [0, 0.05) is 0 Å². The van der Waals surface area contributed by atoms with Gasteiger partial charge in [0.25, 0.3) is 7.47 Å². The molecule has 0 atom stereocenters. The van der Waals surface area contributed by atoms with Crippen molar-refractivity contribution < 1.29 is 22.4 Å². The molecule has 0 rings (SSSR count). The number of ketones is 1. The minimum Gasteiger partial charge on any atom is -0.284 e. The fourth-order valence-corrected chi connectivity index (χ4v) is 0.772. The Bertz CT molecular complexity index is 130. The molecule has 0 aromatic heterocycles. The van der Waals surface area contributed by atoms with Crippen LogP contribution in [0.3, 0.4) is 0 Å². The highest BCUT2D eigenvalue weighted by molar-refractivity contribution is 14.2. The molecular formula is C3F4I2O. The summed E-state index contributed by atoms with van der Waals surface area (Å²) >= 11 is 1.56. The number of hydrogen-bond acceptors (Lipinski definition) is 1. The number of halogens is 6. The summed E-state index contributed by atoms with van der Waals surface area (Å²) in [4.78, 5) is 9.97. The Hall–Kier alpha value is 0.850. The second-order valence-corrected chi connectivity index (χ2v) is 6.36. The van der Waals surface area contributed by atoms with Gasteiger partial charge in [0.15, 0.2) is 0 Å². The Labute approximate surface area is 80.8 Å². The van der Waals surface area contributed by atoms with E-state index in [9.17, 15) is 22.4 Å². The van der Waals surface area contributed by atoms with Crippen LogP contribution in [-0.2, 0) is 4.79 Å². The van der Waals surface area contributed by atoms with Crippen molar-refractivity contribution in [1.29, 1.82) is 0 Å². The van der Waals surface area contributed by atoms with Crippen LogP contribution < -0.4 is 0 Å². The lowest BCUT2D eigenvalue weighted by Gasteiger charge is -2.10. The molecule has 0 aliphatic heterocycles. The summed E-state index contributed by atoms with van der Waals surface area (Å²) in [6, 6.07) is 0. The van der Waals surface area contributed by atoms with Crippen LogP contribution in [0.15, 0.2) is 0 Å². The van der Waals surface area contributed by atoms with Crippen LogP contribution >= 0.6 is 45.2 Å². The maximum absolute atomic E-state index is 12.2. The highest BCUT2D eigenvalue weighted by Crippen LogP contribution is 2.36. The van der Waals surface area contributed by atoms with E-state index in [1.54, 1.807) is 0 Å². The molecule has 0 aromatic carbocycles. The Balaban J connectivity index is 4.40. The second kappa shape index (κ2) is 3.07. The Morgan fingerprint density at radius 2 is 1.40 bits per heavy atom. The summed E-state index contributed by atoms with van der Waals surface area (Å²) in [5.74, 6) is -2.37. The molecule has 0 N–H and O–H groups in total. The number of alkyl halides is 6. The minimum atomic E-state index is -5.09. The SMILES string of the molecule is O=C(C(F)(F)F)C(F)(I)I. The van der Waals surface area contributed by atoms with E-state index in [1.165, 1.54) is 0 Å². The molecule has 60 valence electrons. The molecule has 0 spiro atoms. The number of carbonyl (C=O) groups excluding carboxylic acids is 1.